The predicted octanol–water partition coefficient (Wildman–Crippen LogP) is 5.65. The van der Waals surface area contributed by atoms with Crippen molar-refractivity contribution in [1.82, 2.24) is 4.75 Å². The van der Waals surface area contributed by atoms with Crippen molar-refractivity contribution in [2.75, 3.05) is 5.90 Å². The summed E-state index contributed by atoms with van der Waals surface area (Å²) < 4.78 is 9.49. The van der Waals surface area contributed by atoms with Crippen LogP contribution in [0.2, 0.25) is 39.3 Å². The first-order valence-corrected chi connectivity index (χ1v) is 18.9. The number of rotatable bonds is 7. The molecule has 1 N–H and O–H groups in total. The summed E-state index contributed by atoms with van der Waals surface area (Å²) in [7, 11) is -3.85. The van der Waals surface area contributed by atoms with Gasteiger partial charge in [0, 0.05) is 13.0 Å². The molecule has 2 nitrogen and oxygen atoms in total. The molecule has 1 unspecified atom stereocenters. The van der Waals surface area contributed by atoms with Crippen LogP contribution in [0.3, 0.4) is 0 Å². The lowest BCUT2D eigenvalue weighted by atomic mass is 10.4. The second-order valence-electron chi connectivity index (χ2n) is 8.42. The molecular weight excluding hydrogens is 374 g/mol. The van der Waals surface area contributed by atoms with Crippen molar-refractivity contribution < 1.29 is 0 Å². The highest BCUT2D eigenvalue weighted by atomic mass is 31.2. The number of benzene rings is 2. The van der Waals surface area contributed by atoms with Crippen LogP contribution in [0.1, 0.15) is 0 Å². The minimum absolute atomic E-state index is 0.762. The third-order valence-corrected chi connectivity index (χ3v) is 15.8. The van der Waals surface area contributed by atoms with Crippen molar-refractivity contribution >= 4 is 42.9 Å². The molecule has 0 radical (unpaired) electrons. The molecule has 0 fully saturated rings. The summed E-state index contributed by atoms with van der Waals surface area (Å²) >= 11 is 0. The summed E-state index contributed by atoms with van der Waals surface area (Å²) in [5, 5.41) is 2.85. The summed E-state index contributed by atoms with van der Waals surface area (Å²) in [6.07, 6.45) is 0. The lowest BCUT2D eigenvalue weighted by Crippen LogP contribution is -2.35. The Kier molecular flexibility index (Phi) is 7.04. The standard InChI is InChI=1S/C19H32N2P2Si2/c1-24(2,3)20-22-17-23(21-25(4,5)6,18-13-9-7-10-14-18)19-15-11-8-12-16-19/h7-16,20,22H,17H2,1-6H3. The first kappa shape index (κ1) is 20.8. The molecule has 0 spiro atoms. The highest BCUT2D eigenvalue weighted by Crippen LogP contribution is 2.52. The van der Waals surface area contributed by atoms with Gasteiger partial charge in [0.15, 0.2) is 8.24 Å². The second-order valence-corrected chi connectivity index (χ2v) is 23.3. The Hall–Kier alpha value is -0.506. The summed E-state index contributed by atoms with van der Waals surface area (Å²) in [6.45, 7) is 14.2. The number of hydrogen-bond acceptors (Lipinski definition) is 2. The van der Waals surface area contributed by atoms with Gasteiger partial charge < -0.3 is 9.16 Å². The van der Waals surface area contributed by atoms with Crippen LogP contribution in [0, 0.1) is 0 Å². The maximum absolute atomic E-state index is 5.63. The monoisotopic (exact) mass is 406 g/mol. The number of nitrogens with zero attached hydrogens (tertiary/aromatic N) is 1. The summed E-state index contributed by atoms with van der Waals surface area (Å²) in [5.41, 5.74) is 0. The number of hydrogen-bond donors (Lipinski definition) is 1. The fourth-order valence-corrected chi connectivity index (χ4v) is 15.9. The van der Waals surface area contributed by atoms with Gasteiger partial charge >= 0.3 is 0 Å². The average Bonchev–Trinajstić information content (AvgIpc) is 2.53. The Morgan fingerprint density at radius 3 is 1.60 bits per heavy atom. The van der Waals surface area contributed by atoms with E-state index in [2.05, 4.69) is 105 Å². The normalized spacial score (nSPS) is 13.4. The summed E-state index contributed by atoms with van der Waals surface area (Å²) in [6, 6.07) is 22.1. The Bertz CT molecular complexity index is 677. The van der Waals surface area contributed by atoms with E-state index < -0.39 is 23.5 Å². The van der Waals surface area contributed by atoms with Gasteiger partial charge in [0.05, 0.1) is 0 Å². The van der Waals surface area contributed by atoms with Crippen molar-refractivity contribution in [1.29, 1.82) is 0 Å². The molecule has 0 saturated carbocycles. The quantitative estimate of drug-likeness (QED) is 0.466. The van der Waals surface area contributed by atoms with E-state index in [0.717, 1.165) is 14.6 Å². The molecule has 0 aliphatic rings. The van der Waals surface area contributed by atoms with Crippen LogP contribution >= 0.6 is 15.8 Å². The second kappa shape index (κ2) is 8.46. The van der Waals surface area contributed by atoms with E-state index in [-0.39, 0.29) is 0 Å². The van der Waals surface area contributed by atoms with Gasteiger partial charge in [-0.05, 0) is 10.6 Å². The highest BCUT2D eigenvalue weighted by Gasteiger charge is 2.28. The lowest BCUT2D eigenvalue weighted by molar-refractivity contribution is 1.44. The molecule has 0 heterocycles. The zero-order valence-electron chi connectivity index (χ0n) is 16.4. The van der Waals surface area contributed by atoms with Gasteiger partial charge in [-0.3, -0.25) is 0 Å². The molecule has 6 heteroatoms. The summed E-state index contributed by atoms with van der Waals surface area (Å²) in [4.78, 5) is 0. The van der Waals surface area contributed by atoms with Crippen molar-refractivity contribution in [3.05, 3.63) is 60.7 Å². The predicted molar refractivity (Wildman–Crippen MR) is 125 cm³/mol. The zero-order valence-corrected chi connectivity index (χ0v) is 20.3. The smallest absolute Gasteiger partial charge is 0.171 e. The van der Waals surface area contributed by atoms with E-state index in [1.807, 2.05) is 0 Å². The van der Waals surface area contributed by atoms with Gasteiger partial charge in [0.2, 0.25) is 0 Å². The minimum atomic E-state index is -1.75. The molecule has 0 bridgehead atoms. The van der Waals surface area contributed by atoms with Crippen LogP contribution in [0.15, 0.2) is 65.1 Å². The van der Waals surface area contributed by atoms with Crippen LogP contribution in [-0.4, -0.2) is 22.4 Å². The van der Waals surface area contributed by atoms with E-state index in [0.29, 0.717) is 0 Å². The minimum Gasteiger partial charge on any atom is -0.329 e. The maximum Gasteiger partial charge on any atom is 0.171 e. The third kappa shape index (κ3) is 6.30. The van der Waals surface area contributed by atoms with E-state index in [9.17, 15) is 0 Å². The SMILES string of the molecule is C[Si](C)(C)N=P(CPN[Si](C)(C)C)(c1ccccc1)c1ccccc1. The fraction of sp³-hybridized carbons (Fsp3) is 0.368. The van der Waals surface area contributed by atoms with E-state index in [1.54, 1.807) is 0 Å². The topological polar surface area (TPSA) is 24.4 Å². The van der Waals surface area contributed by atoms with Gasteiger partial charge in [-0.15, -0.1) is 0 Å². The van der Waals surface area contributed by atoms with E-state index >= 15 is 0 Å². The Morgan fingerprint density at radius 1 is 0.800 bits per heavy atom. The van der Waals surface area contributed by atoms with Crippen molar-refractivity contribution in [3.8, 4) is 0 Å². The average molecular weight is 407 g/mol. The molecule has 0 saturated heterocycles. The highest BCUT2D eigenvalue weighted by molar-refractivity contribution is 7.86. The van der Waals surface area contributed by atoms with Crippen LogP contribution in [0.4, 0.5) is 0 Å². The first-order chi connectivity index (χ1) is 11.6. The zero-order chi connectivity index (χ0) is 18.6. The molecule has 0 aliphatic heterocycles. The van der Waals surface area contributed by atoms with Crippen LogP contribution in [0.25, 0.3) is 0 Å². The molecule has 0 amide bonds. The van der Waals surface area contributed by atoms with Crippen molar-refractivity contribution in [3.63, 3.8) is 0 Å². The molecule has 2 aromatic carbocycles. The van der Waals surface area contributed by atoms with Crippen LogP contribution < -0.4 is 15.4 Å². The molecule has 1 atom stereocenters. The number of nitrogens with one attached hydrogen (secondary N) is 1. The van der Waals surface area contributed by atoms with Gasteiger partial charge in [-0.2, -0.15) is 0 Å². The van der Waals surface area contributed by atoms with Crippen molar-refractivity contribution in [2.45, 2.75) is 39.3 Å². The van der Waals surface area contributed by atoms with Crippen LogP contribution in [0.5, 0.6) is 0 Å². The molecule has 2 aromatic rings. The Balaban J connectivity index is 2.61. The lowest BCUT2D eigenvalue weighted by Gasteiger charge is -2.31. The van der Waals surface area contributed by atoms with Gasteiger partial charge in [0.1, 0.15) is 8.24 Å². The molecule has 2 rings (SSSR count). The van der Waals surface area contributed by atoms with Gasteiger partial charge in [-0.25, -0.2) is 0 Å². The van der Waals surface area contributed by atoms with E-state index in [4.69, 9.17) is 4.41 Å². The molecule has 136 valence electrons. The van der Waals surface area contributed by atoms with E-state index in [1.165, 1.54) is 10.6 Å². The Labute approximate surface area is 157 Å². The summed E-state index contributed by atoms with van der Waals surface area (Å²) in [5.74, 6) is 1.13. The molecule has 0 aromatic heterocycles. The Morgan fingerprint density at radius 2 is 1.24 bits per heavy atom. The fourth-order valence-electron chi connectivity index (χ4n) is 2.76. The molecular formula is C19H32N2P2Si2. The largest absolute Gasteiger partial charge is 0.329 e. The van der Waals surface area contributed by atoms with Crippen molar-refractivity contribution in [2.24, 2.45) is 4.41 Å². The first-order valence-electron chi connectivity index (χ1n) is 8.86. The molecule has 0 aliphatic carbocycles. The van der Waals surface area contributed by atoms with Gasteiger partial charge in [-0.1, -0.05) is 109 Å². The van der Waals surface area contributed by atoms with Crippen LogP contribution in [-0.2, 0) is 0 Å². The molecule has 25 heavy (non-hydrogen) atoms. The third-order valence-electron chi connectivity index (χ3n) is 3.61. The van der Waals surface area contributed by atoms with Gasteiger partial charge in [0.25, 0.3) is 0 Å². The maximum atomic E-state index is 5.63.